The molecule has 4 unspecified atom stereocenters. The fraction of sp³-hybridized carbons (Fsp3) is 0.556. The molecule has 5 aliphatic rings. The molecule has 0 aliphatic carbocycles. The van der Waals surface area contributed by atoms with Crippen molar-refractivity contribution in [1.29, 1.82) is 0 Å². The molecule has 4 aromatic rings. The first-order valence-electron chi connectivity index (χ1n) is 15.9. The minimum atomic E-state index is -4.12. The highest BCUT2D eigenvalue weighted by Gasteiger charge is 2.52. The zero-order valence-corrected chi connectivity index (χ0v) is 29.8. The number of ether oxygens (including phenoxy) is 3. The van der Waals surface area contributed by atoms with Crippen LogP contribution >= 0.6 is 13.2 Å². The third-order valence-electron chi connectivity index (χ3n) is 8.69. The smallest absolute Gasteiger partial charge is 0.324 e. The maximum atomic E-state index is 16.4. The Bertz CT molecular complexity index is 2050. The molecule has 51 heavy (non-hydrogen) atoms. The van der Waals surface area contributed by atoms with Crippen LogP contribution in [0.1, 0.15) is 25.3 Å². The van der Waals surface area contributed by atoms with Gasteiger partial charge in [0.1, 0.15) is 37.3 Å². The van der Waals surface area contributed by atoms with Crippen LogP contribution in [0.2, 0.25) is 0 Å². The van der Waals surface area contributed by atoms with Gasteiger partial charge in [0, 0.05) is 19.5 Å². The van der Waals surface area contributed by atoms with Gasteiger partial charge in [0.05, 0.1) is 32.0 Å². The molecule has 5 aliphatic heterocycles. The first-order chi connectivity index (χ1) is 24.6. The summed E-state index contributed by atoms with van der Waals surface area (Å²) in [4.78, 5) is 48.3. The van der Waals surface area contributed by atoms with Crippen LogP contribution in [0.25, 0.3) is 22.3 Å². The molecule has 18 nitrogen and oxygen atoms in total. The van der Waals surface area contributed by atoms with Gasteiger partial charge in [0.2, 0.25) is 6.49 Å². The number of hydrogen-bond acceptors (Lipinski definition) is 16. The van der Waals surface area contributed by atoms with E-state index in [0.29, 0.717) is 42.2 Å². The number of nitrogens with zero attached hydrogens (tertiary/aromatic N) is 8. The highest BCUT2D eigenvalue weighted by Crippen LogP contribution is 2.52. The van der Waals surface area contributed by atoms with Gasteiger partial charge in [-0.15, -0.1) is 0 Å². The second-order valence-corrected chi connectivity index (χ2v) is 18.3. The fourth-order valence-electron chi connectivity index (χ4n) is 6.39. The van der Waals surface area contributed by atoms with Crippen LogP contribution in [-0.2, 0) is 51.4 Å². The molecule has 0 radical (unpaired) electrons. The third kappa shape index (κ3) is 7.05. The van der Waals surface area contributed by atoms with Gasteiger partial charge < -0.3 is 43.7 Å². The van der Waals surface area contributed by atoms with E-state index < -0.39 is 68.8 Å². The average molecular weight is 789 g/mol. The topological polar surface area (TPSA) is 207 Å². The van der Waals surface area contributed by atoms with Crippen LogP contribution in [0.3, 0.4) is 0 Å². The van der Waals surface area contributed by atoms with Crippen molar-refractivity contribution in [2.75, 3.05) is 43.3 Å². The summed E-state index contributed by atoms with van der Waals surface area (Å²) in [5, 5.41) is 6.42. The van der Waals surface area contributed by atoms with Gasteiger partial charge in [-0.25, -0.2) is 38.7 Å². The largest absolute Gasteiger partial charge is 0.369 e. The SMILES string of the molecule is OP1(=S)COC[C@H]2OC3[C@H](F)[C@@H]2OP(O)(=S)OCC[C@H]2OC([C@H](F)[C@@H]2O1)n1cnc2c(ncnc21)NC/C=C/CCNc1ncnc2c1ncn23. The van der Waals surface area contributed by atoms with Gasteiger partial charge in [0.15, 0.2) is 58.8 Å². The molecule has 274 valence electrons. The summed E-state index contributed by atoms with van der Waals surface area (Å²) in [6.45, 7) is -7.72. The van der Waals surface area contributed by atoms with Crippen LogP contribution in [0, 0.1) is 0 Å². The Kier molecular flexibility index (Phi) is 9.87. The minimum absolute atomic E-state index is 0.0792. The van der Waals surface area contributed by atoms with E-state index in [9.17, 15) is 9.79 Å². The van der Waals surface area contributed by atoms with Gasteiger partial charge >= 0.3 is 6.72 Å². The van der Waals surface area contributed by atoms with E-state index in [0.717, 1.165) is 0 Å². The molecule has 0 saturated carbocycles. The summed E-state index contributed by atoms with van der Waals surface area (Å²) in [5.74, 6) is 0.854. The van der Waals surface area contributed by atoms with Crippen molar-refractivity contribution in [2.24, 2.45) is 0 Å². The summed E-state index contributed by atoms with van der Waals surface area (Å²) in [6.07, 6.45) is -2.22. The Morgan fingerprint density at radius 2 is 1.43 bits per heavy atom. The van der Waals surface area contributed by atoms with Crippen molar-refractivity contribution in [2.45, 2.75) is 62.1 Å². The quantitative estimate of drug-likeness (QED) is 0.149. The van der Waals surface area contributed by atoms with Crippen molar-refractivity contribution in [3.8, 4) is 0 Å². The Morgan fingerprint density at radius 1 is 0.804 bits per heavy atom. The van der Waals surface area contributed by atoms with E-state index in [1.807, 2.05) is 12.2 Å². The first kappa shape index (κ1) is 35.3. The number of halogens is 2. The summed E-state index contributed by atoms with van der Waals surface area (Å²) >= 11 is 10.6. The van der Waals surface area contributed by atoms with E-state index in [4.69, 9.17) is 51.4 Å². The molecule has 3 fully saturated rings. The monoisotopic (exact) mass is 788 g/mol. The Labute approximate surface area is 298 Å². The van der Waals surface area contributed by atoms with Crippen LogP contribution in [0.5, 0.6) is 0 Å². The van der Waals surface area contributed by atoms with Gasteiger partial charge in [-0.1, -0.05) is 12.2 Å². The van der Waals surface area contributed by atoms with Gasteiger partial charge in [-0.2, -0.15) is 0 Å². The summed E-state index contributed by atoms with van der Waals surface area (Å²) < 4.78 is 70.5. The lowest BCUT2D eigenvalue weighted by molar-refractivity contribution is -0.0587. The molecule has 0 aromatic carbocycles. The van der Waals surface area contributed by atoms with Gasteiger partial charge in [-0.3, -0.25) is 13.7 Å². The minimum Gasteiger partial charge on any atom is -0.369 e. The zero-order chi connectivity index (χ0) is 35.3. The third-order valence-corrected chi connectivity index (χ3v) is 11.9. The first-order valence-corrected chi connectivity index (χ1v) is 21.3. The van der Waals surface area contributed by atoms with Crippen molar-refractivity contribution >= 4 is 70.8 Å². The summed E-state index contributed by atoms with van der Waals surface area (Å²) in [7, 11) is 0. The highest BCUT2D eigenvalue weighted by atomic mass is 32.5. The number of hydrogen-bond donors (Lipinski definition) is 4. The number of alkyl halides is 2. The van der Waals surface area contributed by atoms with E-state index in [-0.39, 0.29) is 30.9 Å². The molecule has 9 heterocycles. The van der Waals surface area contributed by atoms with Crippen LogP contribution in [-0.4, -0.2) is 118 Å². The van der Waals surface area contributed by atoms with E-state index in [1.165, 1.54) is 34.4 Å². The molecule has 9 rings (SSSR count). The number of nitrogens with one attached hydrogen (secondary N) is 2. The molecule has 4 N–H and O–H groups in total. The second kappa shape index (κ2) is 14.3. The standard InChI is InChI=1S/C27H32F2N10O8P2S2/c28-16-20-14-4-7-43-49(41,51)47-21-15(8-42-13-48(40,50)46-20)45-27(17(21)29)39-12-37-19-23(33-10-35-25(19)39)31-6-3-1-2-5-30-22-18-24(34-9-32-22)38(11-36-18)26(16)44-14/h1-2,9-12,14-17,20-21,26-27H,3-8,13H2,(H,40,50)(H,41,51)(H,30,32,34)(H,31,33,35)/b2-1+/t14-,15-,16-,17-,20-,21-,26?,27?,48?,49?/m1/s1. The Hall–Kier alpha value is -2.72. The molecule has 0 amide bonds. The lowest BCUT2D eigenvalue weighted by Crippen LogP contribution is -2.35. The molecule has 4 aromatic heterocycles. The molecular weight excluding hydrogens is 756 g/mol. The molecular formula is C27H32F2N10O8P2S2. The predicted octanol–water partition coefficient (Wildman–Crippen LogP) is 2.60. The number of aromatic nitrogens is 8. The van der Waals surface area contributed by atoms with Crippen LogP contribution < -0.4 is 10.6 Å². The van der Waals surface area contributed by atoms with E-state index in [1.54, 1.807) is 0 Å². The number of rotatable bonds is 0. The maximum absolute atomic E-state index is 16.4. The average Bonchev–Trinajstić information content (AvgIpc) is 3.85. The molecule has 14 bridgehead atoms. The normalized spacial score (nSPS) is 37.2. The van der Waals surface area contributed by atoms with Crippen molar-refractivity contribution in [3.05, 3.63) is 37.5 Å². The Balaban J connectivity index is 1.17. The van der Waals surface area contributed by atoms with Crippen molar-refractivity contribution in [1.82, 2.24) is 39.0 Å². The molecule has 10 atom stereocenters. The summed E-state index contributed by atoms with van der Waals surface area (Å²) in [5.41, 5.74) is 1.31. The lowest BCUT2D eigenvalue weighted by atomic mass is 10.1. The van der Waals surface area contributed by atoms with Gasteiger partial charge in [-0.05, 0) is 30.0 Å². The molecule has 0 spiro atoms. The fourth-order valence-corrected chi connectivity index (χ4v) is 9.42. The molecule has 24 heteroatoms. The maximum Gasteiger partial charge on any atom is 0.324 e. The highest BCUT2D eigenvalue weighted by molar-refractivity contribution is 8.09. The summed E-state index contributed by atoms with van der Waals surface area (Å²) in [6, 6.07) is 0. The van der Waals surface area contributed by atoms with Crippen LogP contribution in [0.15, 0.2) is 37.5 Å². The Morgan fingerprint density at radius 3 is 2.12 bits per heavy atom. The van der Waals surface area contributed by atoms with Crippen molar-refractivity contribution in [3.63, 3.8) is 0 Å². The second-order valence-electron chi connectivity index (χ2n) is 12.0. The molecule has 3 saturated heterocycles. The van der Waals surface area contributed by atoms with E-state index >= 15 is 8.78 Å². The van der Waals surface area contributed by atoms with Crippen LogP contribution in [0.4, 0.5) is 20.4 Å². The lowest BCUT2D eigenvalue weighted by Gasteiger charge is -2.28. The number of imidazole rings is 2. The van der Waals surface area contributed by atoms with Crippen molar-refractivity contribution < 1.29 is 46.3 Å². The van der Waals surface area contributed by atoms with E-state index in [2.05, 4.69) is 40.5 Å². The predicted molar refractivity (Wildman–Crippen MR) is 183 cm³/mol. The number of anilines is 2. The van der Waals surface area contributed by atoms with Gasteiger partial charge in [0.25, 0.3) is 0 Å². The number of fused-ring (bicyclic) bond motifs is 13. The zero-order valence-electron chi connectivity index (χ0n) is 26.4.